The number of nitrogens with zero attached hydrogens (tertiary/aromatic N) is 2. The molecule has 2 atom stereocenters. The molecule has 35 heavy (non-hydrogen) atoms. The second-order valence-electron chi connectivity index (χ2n) is 8.59. The third kappa shape index (κ3) is 5.23. The zero-order chi connectivity index (χ0) is 25.4. The fourth-order valence-electron chi connectivity index (χ4n) is 4.17. The SMILES string of the molecule is C[C@](O)(c1ccc(N2CCN(S(=O)(=O)c3cccs3)C[C@@H]2Cc2cccc(F)c2)cc1)C(F)(F)F. The van der Waals surface area contributed by atoms with Crippen LogP contribution in [0.15, 0.2) is 70.3 Å². The van der Waals surface area contributed by atoms with Crippen molar-refractivity contribution in [3.63, 3.8) is 0 Å². The number of anilines is 1. The molecule has 5 nitrogen and oxygen atoms in total. The lowest BCUT2D eigenvalue weighted by atomic mass is 9.94. The molecule has 188 valence electrons. The van der Waals surface area contributed by atoms with Crippen molar-refractivity contribution in [2.45, 2.75) is 35.4 Å². The number of aliphatic hydroxyl groups is 1. The Morgan fingerprint density at radius 3 is 2.37 bits per heavy atom. The van der Waals surface area contributed by atoms with Crippen LogP contribution < -0.4 is 4.90 Å². The van der Waals surface area contributed by atoms with E-state index in [9.17, 15) is 31.1 Å². The molecule has 2 aromatic carbocycles. The first kappa shape index (κ1) is 25.6. The number of hydrogen-bond donors (Lipinski definition) is 1. The van der Waals surface area contributed by atoms with E-state index in [0.717, 1.165) is 11.3 Å². The van der Waals surface area contributed by atoms with Crippen LogP contribution in [0.25, 0.3) is 0 Å². The van der Waals surface area contributed by atoms with Crippen molar-refractivity contribution in [2.24, 2.45) is 0 Å². The lowest BCUT2D eigenvalue weighted by Crippen LogP contribution is -2.55. The van der Waals surface area contributed by atoms with Crippen molar-refractivity contribution in [3.05, 3.63) is 83.0 Å². The Morgan fingerprint density at radius 2 is 1.77 bits per heavy atom. The average molecular weight is 529 g/mol. The zero-order valence-corrected chi connectivity index (χ0v) is 20.4. The summed E-state index contributed by atoms with van der Waals surface area (Å²) in [5.74, 6) is -0.411. The molecular weight excluding hydrogens is 504 g/mol. The molecule has 1 N–H and O–H groups in total. The summed E-state index contributed by atoms with van der Waals surface area (Å²) in [6.07, 6.45) is -4.51. The number of sulfonamides is 1. The van der Waals surface area contributed by atoms with E-state index in [2.05, 4.69) is 0 Å². The van der Waals surface area contributed by atoms with Gasteiger partial charge in [-0.25, -0.2) is 12.8 Å². The van der Waals surface area contributed by atoms with Crippen molar-refractivity contribution < 1.29 is 31.1 Å². The molecule has 1 saturated heterocycles. The smallest absolute Gasteiger partial charge is 0.376 e. The van der Waals surface area contributed by atoms with Gasteiger partial charge in [-0.15, -0.1) is 11.3 Å². The van der Waals surface area contributed by atoms with Gasteiger partial charge in [-0.05, 0) is 60.2 Å². The van der Waals surface area contributed by atoms with Crippen molar-refractivity contribution in [1.29, 1.82) is 0 Å². The molecule has 0 spiro atoms. The third-order valence-corrected chi connectivity index (χ3v) is 9.45. The summed E-state index contributed by atoms with van der Waals surface area (Å²) in [7, 11) is -3.71. The second kappa shape index (κ2) is 9.53. The van der Waals surface area contributed by atoms with Gasteiger partial charge in [0.05, 0.1) is 0 Å². The monoisotopic (exact) mass is 528 g/mol. The van der Waals surface area contributed by atoms with Crippen LogP contribution in [0.3, 0.4) is 0 Å². The lowest BCUT2D eigenvalue weighted by Gasteiger charge is -2.42. The highest BCUT2D eigenvalue weighted by Gasteiger charge is 2.51. The van der Waals surface area contributed by atoms with E-state index in [1.807, 2.05) is 4.90 Å². The van der Waals surface area contributed by atoms with Gasteiger partial charge in [-0.2, -0.15) is 17.5 Å². The fourth-order valence-corrected chi connectivity index (χ4v) is 6.79. The van der Waals surface area contributed by atoms with E-state index in [1.54, 1.807) is 29.6 Å². The lowest BCUT2D eigenvalue weighted by molar-refractivity contribution is -0.258. The highest BCUT2D eigenvalue weighted by Crippen LogP contribution is 2.39. The van der Waals surface area contributed by atoms with Gasteiger partial charge < -0.3 is 10.0 Å². The molecule has 0 amide bonds. The summed E-state index contributed by atoms with van der Waals surface area (Å²) in [4.78, 5) is 1.91. The third-order valence-electron chi connectivity index (χ3n) is 6.21. The maximum atomic E-state index is 13.8. The van der Waals surface area contributed by atoms with Gasteiger partial charge in [-0.1, -0.05) is 30.3 Å². The molecule has 0 saturated carbocycles. The van der Waals surface area contributed by atoms with Gasteiger partial charge in [0.15, 0.2) is 5.60 Å². The number of alkyl halides is 3. The van der Waals surface area contributed by atoms with E-state index in [0.29, 0.717) is 31.1 Å². The Labute approximate surface area is 205 Å². The van der Waals surface area contributed by atoms with Gasteiger partial charge in [-0.3, -0.25) is 0 Å². The summed E-state index contributed by atoms with van der Waals surface area (Å²) in [6.45, 7) is 1.29. The molecule has 1 aliphatic heterocycles. The highest BCUT2D eigenvalue weighted by atomic mass is 32.2. The highest BCUT2D eigenvalue weighted by molar-refractivity contribution is 7.91. The standard InChI is InChI=1S/C24H24F4N2O3S2/c1-23(31,24(26,27)28)18-7-9-20(10-8-18)30-12-11-29(35(32,33)22-6-3-13-34-22)16-21(30)15-17-4-2-5-19(25)14-17/h2-10,13-14,21,31H,11-12,15-16H2,1H3/t21-,23-/m0/s1. The number of thiophene rings is 1. The molecule has 1 aromatic heterocycles. The Bertz CT molecular complexity index is 1260. The molecule has 4 rings (SSSR count). The Hall–Kier alpha value is -2.47. The summed E-state index contributed by atoms with van der Waals surface area (Å²) >= 11 is 1.13. The van der Waals surface area contributed by atoms with Crippen LogP contribution in [-0.4, -0.2) is 49.7 Å². The van der Waals surface area contributed by atoms with Crippen molar-refractivity contribution >= 4 is 27.0 Å². The van der Waals surface area contributed by atoms with Gasteiger partial charge in [0.2, 0.25) is 0 Å². The summed E-state index contributed by atoms with van der Waals surface area (Å²) in [5, 5.41) is 11.6. The zero-order valence-electron chi connectivity index (χ0n) is 18.7. The molecule has 0 unspecified atom stereocenters. The summed E-state index contributed by atoms with van der Waals surface area (Å²) in [5.41, 5.74) is -2.04. The van der Waals surface area contributed by atoms with E-state index in [4.69, 9.17) is 0 Å². The van der Waals surface area contributed by atoms with Crippen LogP contribution in [0.4, 0.5) is 23.2 Å². The molecular formula is C24H24F4N2O3S2. The quantitative estimate of drug-likeness (QED) is 0.468. The van der Waals surface area contributed by atoms with Gasteiger partial charge in [0.1, 0.15) is 10.0 Å². The van der Waals surface area contributed by atoms with E-state index in [-0.39, 0.29) is 22.9 Å². The second-order valence-corrected chi connectivity index (χ2v) is 11.7. The van der Waals surface area contributed by atoms with Gasteiger partial charge >= 0.3 is 6.18 Å². The van der Waals surface area contributed by atoms with Crippen molar-refractivity contribution in [1.82, 2.24) is 4.31 Å². The minimum absolute atomic E-state index is 0.124. The normalized spacial score (nSPS) is 19.5. The van der Waals surface area contributed by atoms with E-state index >= 15 is 0 Å². The number of benzene rings is 2. The van der Waals surface area contributed by atoms with Crippen molar-refractivity contribution in [2.75, 3.05) is 24.5 Å². The number of piperazine rings is 1. The molecule has 11 heteroatoms. The molecule has 2 heterocycles. The van der Waals surface area contributed by atoms with Gasteiger partial charge in [0.25, 0.3) is 10.0 Å². The first-order valence-corrected chi connectivity index (χ1v) is 13.2. The molecule has 3 aromatic rings. The number of hydrogen-bond acceptors (Lipinski definition) is 5. The summed E-state index contributed by atoms with van der Waals surface area (Å²) < 4.78 is 81.4. The topological polar surface area (TPSA) is 60.9 Å². The van der Waals surface area contributed by atoms with Crippen LogP contribution in [-0.2, 0) is 22.0 Å². The Morgan fingerprint density at radius 1 is 1.06 bits per heavy atom. The van der Waals surface area contributed by atoms with Gasteiger partial charge in [0, 0.05) is 31.4 Å². The van der Waals surface area contributed by atoms with E-state index < -0.39 is 33.7 Å². The number of halogens is 4. The Kier molecular flexibility index (Phi) is 6.98. The molecule has 0 bridgehead atoms. The first-order chi connectivity index (χ1) is 16.4. The van der Waals surface area contributed by atoms with E-state index in [1.165, 1.54) is 40.7 Å². The Balaban J connectivity index is 1.64. The molecule has 0 radical (unpaired) electrons. The maximum absolute atomic E-state index is 13.8. The van der Waals surface area contributed by atoms with Crippen LogP contribution in [0.2, 0.25) is 0 Å². The molecule has 0 aliphatic carbocycles. The predicted octanol–water partition coefficient (Wildman–Crippen LogP) is 4.78. The number of rotatable bonds is 6. The maximum Gasteiger partial charge on any atom is 0.421 e. The fraction of sp³-hybridized carbons (Fsp3) is 0.333. The average Bonchev–Trinajstić information content (AvgIpc) is 3.34. The van der Waals surface area contributed by atoms with Crippen LogP contribution in [0.1, 0.15) is 18.1 Å². The minimum Gasteiger partial charge on any atom is -0.376 e. The van der Waals surface area contributed by atoms with Crippen LogP contribution in [0, 0.1) is 5.82 Å². The predicted molar refractivity (Wildman–Crippen MR) is 126 cm³/mol. The van der Waals surface area contributed by atoms with Crippen molar-refractivity contribution in [3.8, 4) is 0 Å². The van der Waals surface area contributed by atoms with Crippen LogP contribution in [0.5, 0.6) is 0 Å². The summed E-state index contributed by atoms with van der Waals surface area (Å²) in [6, 6.07) is 14.2. The largest absolute Gasteiger partial charge is 0.421 e. The minimum atomic E-state index is -4.84. The molecule has 1 aliphatic rings. The van der Waals surface area contributed by atoms with Crippen LogP contribution >= 0.6 is 11.3 Å². The first-order valence-electron chi connectivity index (χ1n) is 10.8. The molecule has 1 fully saturated rings.